The Hall–Kier alpha value is -5.55. The van der Waals surface area contributed by atoms with E-state index < -0.39 is 65.6 Å². The van der Waals surface area contributed by atoms with Crippen LogP contribution in [0.2, 0.25) is 0 Å². The quantitative estimate of drug-likeness (QED) is 0.220. The Morgan fingerprint density at radius 1 is 0.773 bits per heavy atom. The minimum atomic E-state index is -1.93. The van der Waals surface area contributed by atoms with Crippen LogP contribution in [0.15, 0.2) is 114 Å². The molecule has 4 aromatic rings. The molecule has 1 saturated heterocycles. The van der Waals surface area contributed by atoms with Crippen LogP contribution in [0.1, 0.15) is 54.6 Å². The molecule has 1 fully saturated rings. The first-order valence-electron chi connectivity index (χ1n) is 13.6. The van der Waals surface area contributed by atoms with Gasteiger partial charge in [0.2, 0.25) is 0 Å². The topological polar surface area (TPSA) is 147 Å². The molecule has 224 valence electrons. The van der Waals surface area contributed by atoms with Crippen molar-refractivity contribution in [2.24, 2.45) is 0 Å². The summed E-state index contributed by atoms with van der Waals surface area (Å²) in [5.41, 5.74) is -2.86. The lowest BCUT2D eigenvalue weighted by Crippen LogP contribution is -2.51. The monoisotopic (exact) mass is 597 g/mol. The lowest BCUT2D eigenvalue weighted by atomic mass is 9.95. The van der Waals surface area contributed by atoms with Crippen molar-refractivity contribution in [3.63, 3.8) is 0 Å². The molecular formula is C33H27NO10. The van der Waals surface area contributed by atoms with Gasteiger partial charge in [-0.1, -0.05) is 54.6 Å². The number of hydrogen-bond acceptors (Lipinski definition) is 9. The third kappa shape index (κ3) is 6.13. The zero-order valence-corrected chi connectivity index (χ0v) is 23.4. The van der Waals surface area contributed by atoms with Gasteiger partial charge in [-0.15, -0.1) is 0 Å². The van der Waals surface area contributed by atoms with Gasteiger partial charge in [-0.2, -0.15) is 0 Å². The van der Waals surface area contributed by atoms with Gasteiger partial charge in [0.1, 0.15) is 18.3 Å². The number of carboxylic acid groups (broad SMARTS) is 1. The molecule has 1 N–H and O–H groups in total. The number of nitrogens with zero attached hydrogens (tertiary/aromatic N) is 1. The number of benzene rings is 3. The highest BCUT2D eigenvalue weighted by atomic mass is 16.7. The molecule has 5 rings (SSSR count). The fourth-order valence-electron chi connectivity index (χ4n) is 4.91. The summed E-state index contributed by atoms with van der Waals surface area (Å²) in [4.78, 5) is 64.7. The molecule has 1 aromatic heterocycles. The van der Waals surface area contributed by atoms with Crippen molar-refractivity contribution < 1.29 is 43.2 Å². The van der Waals surface area contributed by atoms with Gasteiger partial charge in [-0.05, 0) is 55.5 Å². The van der Waals surface area contributed by atoms with Crippen molar-refractivity contribution >= 4 is 23.9 Å². The van der Waals surface area contributed by atoms with E-state index in [4.69, 9.17) is 18.9 Å². The van der Waals surface area contributed by atoms with Gasteiger partial charge in [-0.3, -0.25) is 9.36 Å². The molecule has 2 heterocycles. The van der Waals surface area contributed by atoms with Crippen LogP contribution in [-0.4, -0.2) is 58.0 Å². The SMILES string of the molecule is CC1(OC(=O)c2ccccc2)C(OC(=O)c2ccccc2)[C@@H](COC(=O)c2ccccc2)O[C@H]1n1cccc(C(=O)O)c1=O. The first kappa shape index (κ1) is 29.9. The van der Waals surface area contributed by atoms with E-state index >= 15 is 0 Å². The van der Waals surface area contributed by atoms with E-state index in [0.29, 0.717) is 0 Å². The number of aromatic nitrogens is 1. The van der Waals surface area contributed by atoms with E-state index in [0.717, 1.165) is 10.6 Å². The summed E-state index contributed by atoms with van der Waals surface area (Å²) in [6.07, 6.45) is -2.93. The standard InChI is InChI=1S/C33H27NO10/c1-33(44-31(40)23-16-9-4-10-17-23)26(43-30(39)22-14-7-3-8-15-22)25(20-41-29(38)21-12-5-2-6-13-21)42-32(33)34-19-11-18-24(27(34)35)28(36)37/h2-19,25-26,32H,20H2,1H3,(H,36,37)/t25-,26?,32-,33?/m1/s1. The van der Waals surface area contributed by atoms with E-state index in [1.165, 1.54) is 43.5 Å². The average Bonchev–Trinajstić information content (AvgIpc) is 3.30. The lowest BCUT2D eigenvalue weighted by Gasteiger charge is -2.35. The van der Waals surface area contributed by atoms with Gasteiger partial charge in [0.25, 0.3) is 5.56 Å². The average molecular weight is 598 g/mol. The molecule has 1 aliphatic rings. The van der Waals surface area contributed by atoms with Crippen molar-refractivity contribution in [1.29, 1.82) is 0 Å². The second kappa shape index (κ2) is 12.8. The summed E-state index contributed by atoms with van der Waals surface area (Å²) in [5, 5.41) is 9.59. The van der Waals surface area contributed by atoms with Crippen molar-refractivity contribution in [1.82, 2.24) is 4.57 Å². The molecule has 0 saturated carbocycles. The second-order valence-electron chi connectivity index (χ2n) is 10.1. The van der Waals surface area contributed by atoms with Crippen LogP contribution in [0.25, 0.3) is 0 Å². The number of pyridine rings is 1. The van der Waals surface area contributed by atoms with Gasteiger partial charge < -0.3 is 24.1 Å². The Balaban J connectivity index is 1.58. The third-order valence-electron chi connectivity index (χ3n) is 7.11. The van der Waals surface area contributed by atoms with Gasteiger partial charge >= 0.3 is 23.9 Å². The maximum Gasteiger partial charge on any atom is 0.341 e. The predicted octanol–water partition coefficient (Wildman–Crippen LogP) is 4.14. The molecule has 1 aliphatic heterocycles. The highest BCUT2D eigenvalue weighted by Gasteiger charge is 2.60. The molecule has 0 aliphatic carbocycles. The van der Waals surface area contributed by atoms with Crippen LogP contribution < -0.4 is 5.56 Å². The molecule has 11 heteroatoms. The molecule has 11 nitrogen and oxygen atoms in total. The van der Waals surface area contributed by atoms with E-state index in [1.54, 1.807) is 66.7 Å². The number of esters is 3. The Labute approximate surface area is 251 Å². The highest BCUT2D eigenvalue weighted by molar-refractivity contribution is 5.91. The van der Waals surface area contributed by atoms with Gasteiger partial charge in [0.15, 0.2) is 17.9 Å². The summed E-state index contributed by atoms with van der Waals surface area (Å²) in [5.74, 6) is -3.80. The van der Waals surface area contributed by atoms with Gasteiger partial charge in [0.05, 0.1) is 16.7 Å². The summed E-state index contributed by atoms with van der Waals surface area (Å²) in [7, 11) is 0. The van der Waals surface area contributed by atoms with E-state index in [-0.39, 0.29) is 16.7 Å². The van der Waals surface area contributed by atoms with Crippen LogP contribution in [0, 0.1) is 0 Å². The highest BCUT2D eigenvalue weighted by Crippen LogP contribution is 2.43. The molecule has 2 unspecified atom stereocenters. The Morgan fingerprint density at radius 2 is 1.30 bits per heavy atom. The summed E-state index contributed by atoms with van der Waals surface area (Å²) < 4.78 is 24.5. The zero-order valence-electron chi connectivity index (χ0n) is 23.4. The van der Waals surface area contributed by atoms with Crippen molar-refractivity contribution in [2.75, 3.05) is 6.61 Å². The first-order valence-corrected chi connectivity index (χ1v) is 13.6. The fraction of sp³-hybridized carbons (Fsp3) is 0.182. The molecular weight excluding hydrogens is 570 g/mol. The summed E-state index contributed by atoms with van der Waals surface area (Å²) in [6, 6.07) is 26.6. The fourth-order valence-corrected chi connectivity index (χ4v) is 4.91. The third-order valence-corrected chi connectivity index (χ3v) is 7.11. The molecule has 4 atom stereocenters. The number of carboxylic acids is 1. The van der Waals surface area contributed by atoms with E-state index in [2.05, 4.69) is 0 Å². The first-order chi connectivity index (χ1) is 21.2. The van der Waals surface area contributed by atoms with Crippen molar-refractivity contribution in [3.8, 4) is 0 Å². The molecule has 44 heavy (non-hydrogen) atoms. The van der Waals surface area contributed by atoms with Crippen LogP contribution in [-0.2, 0) is 18.9 Å². The maximum absolute atomic E-state index is 13.4. The van der Waals surface area contributed by atoms with Crippen LogP contribution in [0.5, 0.6) is 0 Å². The molecule has 0 amide bonds. The maximum atomic E-state index is 13.4. The van der Waals surface area contributed by atoms with Gasteiger partial charge in [0, 0.05) is 6.20 Å². The van der Waals surface area contributed by atoms with Crippen LogP contribution in [0.4, 0.5) is 0 Å². The Kier molecular flexibility index (Phi) is 8.68. The van der Waals surface area contributed by atoms with Crippen molar-refractivity contribution in [2.45, 2.75) is 31.0 Å². The van der Waals surface area contributed by atoms with E-state index in [1.807, 2.05) is 0 Å². The second-order valence-corrected chi connectivity index (χ2v) is 10.1. The minimum absolute atomic E-state index is 0.159. The zero-order chi connectivity index (χ0) is 31.3. The number of ether oxygens (including phenoxy) is 4. The molecule has 3 aromatic carbocycles. The van der Waals surface area contributed by atoms with E-state index in [9.17, 15) is 29.1 Å². The predicted molar refractivity (Wildman–Crippen MR) is 154 cm³/mol. The lowest BCUT2D eigenvalue weighted by molar-refractivity contribution is -0.111. The number of carbonyl (C=O) groups excluding carboxylic acids is 3. The number of rotatable bonds is 9. The normalized spacial score (nSPS) is 20.8. The molecule has 0 spiro atoms. The number of carbonyl (C=O) groups is 4. The summed E-state index contributed by atoms with van der Waals surface area (Å²) >= 11 is 0. The number of aromatic carboxylic acids is 1. The smallest absolute Gasteiger partial charge is 0.341 e. The molecule has 0 radical (unpaired) electrons. The minimum Gasteiger partial charge on any atom is -0.477 e. The Bertz CT molecular complexity index is 1720. The number of hydrogen-bond donors (Lipinski definition) is 1. The van der Waals surface area contributed by atoms with Crippen molar-refractivity contribution in [3.05, 3.63) is 142 Å². The largest absolute Gasteiger partial charge is 0.477 e. The Morgan fingerprint density at radius 3 is 1.84 bits per heavy atom. The summed E-state index contributed by atoms with van der Waals surface area (Å²) in [6.45, 7) is 0.934. The van der Waals surface area contributed by atoms with Crippen LogP contribution in [0.3, 0.4) is 0 Å². The molecule has 0 bridgehead atoms. The van der Waals surface area contributed by atoms with Crippen LogP contribution >= 0.6 is 0 Å². The van der Waals surface area contributed by atoms with Gasteiger partial charge in [-0.25, -0.2) is 19.2 Å².